The minimum Gasteiger partial charge on any atom is -0.345 e. The van der Waals surface area contributed by atoms with E-state index in [2.05, 4.69) is 5.32 Å². The van der Waals surface area contributed by atoms with Crippen molar-refractivity contribution in [2.45, 2.75) is 45.2 Å². The molecule has 0 heterocycles. The molecule has 1 aliphatic rings. The molecule has 1 amide bonds. The van der Waals surface area contributed by atoms with Gasteiger partial charge in [-0.05, 0) is 26.7 Å². The van der Waals surface area contributed by atoms with E-state index in [1.165, 1.54) is 19.3 Å². The van der Waals surface area contributed by atoms with Crippen molar-refractivity contribution in [1.82, 2.24) is 10.2 Å². The average molecular weight is 184 g/mol. The number of rotatable bonds is 4. The van der Waals surface area contributed by atoms with E-state index >= 15 is 0 Å². The minimum absolute atomic E-state index is 0.0183. The molecule has 0 aromatic rings. The molecule has 0 radical (unpaired) electrons. The number of nitrogens with zero attached hydrogens (tertiary/aromatic N) is 1. The van der Waals surface area contributed by atoms with E-state index in [0.29, 0.717) is 6.04 Å². The van der Waals surface area contributed by atoms with Gasteiger partial charge in [-0.25, -0.2) is 0 Å². The van der Waals surface area contributed by atoms with Crippen LogP contribution in [0, 0.1) is 0 Å². The van der Waals surface area contributed by atoms with Crippen molar-refractivity contribution in [1.29, 1.82) is 0 Å². The van der Waals surface area contributed by atoms with E-state index in [4.69, 9.17) is 0 Å². The van der Waals surface area contributed by atoms with Crippen molar-refractivity contribution in [2.24, 2.45) is 0 Å². The maximum absolute atomic E-state index is 11.6. The second-order valence-electron chi connectivity index (χ2n) is 3.87. The molecule has 0 saturated heterocycles. The summed E-state index contributed by atoms with van der Waals surface area (Å²) in [6.45, 7) is 4.73. The Morgan fingerprint density at radius 3 is 2.62 bits per heavy atom. The highest BCUT2D eigenvalue weighted by Crippen LogP contribution is 2.18. The van der Waals surface area contributed by atoms with E-state index in [9.17, 15) is 4.79 Å². The van der Waals surface area contributed by atoms with Crippen LogP contribution in [0.3, 0.4) is 0 Å². The zero-order chi connectivity index (χ0) is 9.84. The first-order valence-electron chi connectivity index (χ1n) is 5.16. The summed E-state index contributed by atoms with van der Waals surface area (Å²) in [5.74, 6) is 0.203. The number of carbonyl (C=O) groups is 1. The van der Waals surface area contributed by atoms with Gasteiger partial charge in [0, 0.05) is 19.6 Å². The molecule has 3 nitrogen and oxygen atoms in total. The van der Waals surface area contributed by atoms with E-state index in [1.807, 2.05) is 20.9 Å². The molecule has 0 spiro atoms. The van der Waals surface area contributed by atoms with Crippen LogP contribution >= 0.6 is 0 Å². The van der Waals surface area contributed by atoms with Crippen molar-refractivity contribution in [3.05, 3.63) is 0 Å². The van der Waals surface area contributed by atoms with Crippen LogP contribution in [0.1, 0.15) is 33.1 Å². The highest BCUT2D eigenvalue weighted by atomic mass is 16.2. The molecule has 0 bridgehead atoms. The molecule has 1 N–H and O–H groups in total. The van der Waals surface area contributed by atoms with Crippen LogP contribution in [-0.4, -0.2) is 36.5 Å². The third-order valence-corrected chi connectivity index (χ3v) is 2.81. The molecule has 1 rings (SSSR count). The van der Waals surface area contributed by atoms with E-state index in [0.717, 1.165) is 6.54 Å². The SMILES string of the molecule is CCN(C)C(=O)C(C)NC1CCC1. The molecular weight excluding hydrogens is 164 g/mol. The predicted molar refractivity (Wildman–Crippen MR) is 53.5 cm³/mol. The van der Waals surface area contributed by atoms with Gasteiger partial charge < -0.3 is 10.2 Å². The van der Waals surface area contributed by atoms with Gasteiger partial charge in [-0.3, -0.25) is 4.79 Å². The smallest absolute Gasteiger partial charge is 0.239 e. The Morgan fingerprint density at radius 2 is 2.23 bits per heavy atom. The van der Waals surface area contributed by atoms with Crippen LogP contribution in [0.5, 0.6) is 0 Å². The second kappa shape index (κ2) is 4.61. The molecule has 1 saturated carbocycles. The fraction of sp³-hybridized carbons (Fsp3) is 0.900. The van der Waals surface area contributed by atoms with E-state index in [-0.39, 0.29) is 11.9 Å². The van der Waals surface area contributed by atoms with Crippen LogP contribution < -0.4 is 5.32 Å². The highest BCUT2D eigenvalue weighted by Gasteiger charge is 2.23. The summed E-state index contributed by atoms with van der Waals surface area (Å²) in [5.41, 5.74) is 0. The van der Waals surface area contributed by atoms with E-state index < -0.39 is 0 Å². The number of carbonyl (C=O) groups excluding carboxylic acids is 1. The van der Waals surface area contributed by atoms with Crippen LogP contribution in [0.25, 0.3) is 0 Å². The standard InChI is InChI=1S/C10H20N2O/c1-4-12(3)10(13)8(2)11-9-6-5-7-9/h8-9,11H,4-7H2,1-3H3. The number of hydrogen-bond donors (Lipinski definition) is 1. The molecule has 1 aliphatic carbocycles. The molecule has 1 fully saturated rings. The molecule has 1 unspecified atom stereocenters. The lowest BCUT2D eigenvalue weighted by molar-refractivity contribution is -0.131. The Morgan fingerprint density at radius 1 is 1.62 bits per heavy atom. The van der Waals surface area contributed by atoms with Crippen LogP contribution in [0.15, 0.2) is 0 Å². The van der Waals surface area contributed by atoms with Gasteiger partial charge in [0.1, 0.15) is 0 Å². The fourth-order valence-corrected chi connectivity index (χ4v) is 1.49. The molecule has 0 aromatic carbocycles. The maximum atomic E-state index is 11.6. The monoisotopic (exact) mass is 184 g/mol. The van der Waals surface area contributed by atoms with E-state index in [1.54, 1.807) is 4.90 Å². The minimum atomic E-state index is -0.0183. The van der Waals surface area contributed by atoms with Gasteiger partial charge in [-0.1, -0.05) is 6.42 Å². The van der Waals surface area contributed by atoms with Crippen LogP contribution in [0.2, 0.25) is 0 Å². The molecule has 0 aromatic heterocycles. The number of likely N-dealkylation sites (N-methyl/N-ethyl adjacent to an activating group) is 1. The largest absolute Gasteiger partial charge is 0.345 e. The zero-order valence-electron chi connectivity index (χ0n) is 8.84. The second-order valence-corrected chi connectivity index (χ2v) is 3.87. The highest BCUT2D eigenvalue weighted by molar-refractivity contribution is 5.81. The topological polar surface area (TPSA) is 32.3 Å². The van der Waals surface area contributed by atoms with Crippen LogP contribution in [0.4, 0.5) is 0 Å². The lowest BCUT2D eigenvalue weighted by Crippen LogP contribution is -2.49. The first kappa shape index (κ1) is 10.5. The van der Waals surface area contributed by atoms with Crippen molar-refractivity contribution >= 4 is 5.91 Å². The fourth-order valence-electron chi connectivity index (χ4n) is 1.49. The Bertz CT molecular complexity index is 178. The molecule has 3 heteroatoms. The lowest BCUT2D eigenvalue weighted by atomic mass is 9.92. The summed E-state index contributed by atoms with van der Waals surface area (Å²) in [6, 6.07) is 0.569. The maximum Gasteiger partial charge on any atom is 0.239 e. The van der Waals surface area contributed by atoms with Gasteiger partial charge in [0.25, 0.3) is 0 Å². The third-order valence-electron chi connectivity index (χ3n) is 2.81. The number of hydrogen-bond acceptors (Lipinski definition) is 2. The summed E-state index contributed by atoms with van der Waals surface area (Å²) in [6.07, 6.45) is 3.77. The van der Waals surface area contributed by atoms with Crippen molar-refractivity contribution < 1.29 is 4.79 Å². The Hall–Kier alpha value is -0.570. The van der Waals surface area contributed by atoms with Crippen LogP contribution in [-0.2, 0) is 4.79 Å². The summed E-state index contributed by atoms with van der Waals surface area (Å²) >= 11 is 0. The van der Waals surface area contributed by atoms with Crippen molar-refractivity contribution in [3.8, 4) is 0 Å². The predicted octanol–water partition coefficient (Wildman–Crippen LogP) is 0.995. The zero-order valence-corrected chi connectivity index (χ0v) is 8.84. The summed E-state index contributed by atoms with van der Waals surface area (Å²) < 4.78 is 0. The van der Waals surface area contributed by atoms with Gasteiger partial charge in [-0.2, -0.15) is 0 Å². The Labute approximate surface area is 80.5 Å². The molecule has 13 heavy (non-hydrogen) atoms. The molecular formula is C10H20N2O. The van der Waals surface area contributed by atoms with Gasteiger partial charge in [-0.15, -0.1) is 0 Å². The first-order valence-corrected chi connectivity index (χ1v) is 5.16. The normalized spacial score (nSPS) is 19.3. The average Bonchev–Trinajstić information content (AvgIpc) is 2.08. The van der Waals surface area contributed by atoms with Gasteiger partial charge in [0.2, 0.25) is 5.91 Å². The Balaban J connectivity index is 2.28. The summed E-state index contributed by atoms with van der Waals surface area (Å²) in [5, 5.41) is 3.34. The summed E-state index contributed by atoms with van der Waals surface area (Å²) in [7, 11) is 1.85. The van der Waals surface area contributed by atoms with Gasteiger partial charge >= 0.3 is 0 Å². The molecule has 1 atom stereocenters. The van der Waals surface area contributed by atoms with Crippen molar-refractivity contribution in [3.63, 3.8) is 0 Å². The number of amides is 1. The third kappa shape index (κ3) is 2.69. The lowest BCUT2D eigenvalue weighted by Gasteiger charge is -2.30. The first-order chi connectivity index (χ1) is 6.15. The molecule has 0 aliphatic heterocycles. The van der Waals surface area contributed by atoms with Gasteiger partial charge in [0.15, 0.2) is 0 Å². The summed E-state index contributed by atoms with van der Waals surface area (Å²) in [4.78, 5) is 13.4. The van der Waals surface area contributed by atoms with Gasteiger partial charge in [0.05, 0.1) is 6.04 Å². The number of nitrogens with one attached hydrogen (secondary N) is 1. The molecule has 76 valence electrons. The Kier molecular flexibility index (Phi) is 3.72. The quantitative estimate of drug-likeness (QED) is 0.707. The van der Waals surface area contributed by atoms with Crippen molar-refractivity contribution in [2.75, 3.05) is 13.6 Å².